The lowest BCUT2D eigenvalue weighted by Gasteiger charge is -2.58. The summed E-state index contributed by atoms with van der Waals surface area (Å²) in [5.74, 6) is 5.07. The van der Waals surface area contributed by atoms with Gasteiger partial charge in [-0.25, -0.2) is 4.79 Å². The number of allylic oxidation sites excluding steroid dienone is 1. The van der Waals surface area contributed by atoms with E-state index in [9.17, 15) is 19.2 Å². The first kappa shape index (κ1) is 60.6. The number of unbranched alkanes of at least 4 members (excludes halogenated alkanes) is 12. The summed E-state index contributed by atoms with van der Waals surface area (Å²) in [6.07, 6.45) is 29.8. The molecule has 0 bridgehead atoms. The molecule has 12 heteroatoms. The van der Waals surface area contributed by atoms with Crippen LogP contribution in [0.3, 0.4) is 0 Å². The van der Waals surface area contributed by atoms with Crippen molar-refractivity contribution >= 4 is 45.5 Å². The Hall–Kier alpha value is -1.92. The van der Waals surface area contributed by atoms with Gasteiger partial charge in [0, 0.05) is 24.5 Å². The number of carbonyl (C=O) groups excluding carboxylic acids is 4. The summed E-state index contributed by atoms with van der Waals surface area (Å²) in [4.78, 5) is 52.1. The minimum atomic E-state index is -0.886. The molecule has 70 heavy (non-hydrogen) atoms. The van der Waals surface area contributed by atoms with Crippen LogP contribution >= 0.6 is 21.6 Å². The third-order valence-electron chi connectivity index (χ3n) is 17.3. The Balaban J connectivity index is 1.23. The van der Waals surface area contributed by atoms with E-state index in [0.717, 1.165) is 91.3 Å². The number of nitrogens with one attached hydrogen (secondary N) is 2. The van der Waals surface area contributed by atoms with Crippen LogP contribution in [0, 0.1) is 52.3 Å². The van der Waals surface area contributed by atoms with Crippen LogP contribution in [-0.4, -0.2) is 99.5 Å². The van der Waals surface area contributed by atoms with Crippen molar-refractivity contribution in [3.8, 4) is 0 Å². The average Bonchev–Trinajstić information content (AvgIpc) is 3.67. The predicted octanol–water partition coefficient (Wildman–Crippen LogP) is 13.9. The maximum atomic E-state index is 13.3. The molecule has 4 rings (SSSR count). The van der Waals surface area contributed by atoms with Crippen molar-refractivity contribution in [1.29, 1.82) is 0 Å². The quantitative estimate of drug-likeness (QED) is 0.0213. The second kappa shape index (κ2) is 31.1. The van der Waals surface area contributed by atoms with Crippen LogP contribution in [-0.2, 0) is 28.6 Å². The van der Waals surface area contributed by atoms with Gasteiger partial charge >= 0.3 is 12.1 Å². The molecule has 4 aliphatic rings. The Morgan fingerprint density at radius 3 is 2.11 bits per heavy atom. The summed E-state index contributed by atoms with van der Waals surface area (Å²) < 4.78 is 18.4. The summed E-state index contributed by atoms with van der Waals surface area (Å²) in [5, 5.41) is 5.54. The zero-order chi connectivity index (χ0) is 51.2. The van der Waals surface area contributed by atoms with Gasteiger partial charge in [-0.15, -0.1) is 0 Å². The SMILES string of the molecule is CCCCCCCCCCCCCCCC(=O)OC(CNC(=O)CNC(=O)C(C)CSSCC[N+](C)(C)C)COC(=O)O[C@H]1CC[C@@]2(C)C(=CC[C@H]3[C@@H]4CC[C@H]([C@H](C)CCCC(C)C)[C@@]4(C)CC[C@@H]32)C1. The van der Waals surface area contributed by atoms with Crippen molar-refractivity contribution in [1.82, 2.24) is 10.6 Å². The van der Waals surface area contributed by atoms with Gasteiger partial charge in [0.1, 0.15) is 12.7 Å². The van der Waals surface area contributed by atoms with Crippen molar-refractivity contribution in [2.24, 2.45) is 52.3 Å². The lowest BCUT2D eigenvalue weighted by molar-refractivity contribution is -0.867. The number of hydrogen-bond donors (Lipinski definition) is 2. The normalized spacial score (nSPS) is 26.5. The second-order valence-electron chi connectivity index (χ2n) is 24.5. The molecule has 2 N–H and O–H groups in total. The molecule has 0 radical (unpaired) electrons. The topological polar surface area (TPSA) is 120 Å². The predicted molar refractivity (Wildman–Crippen MR) is 292 cm³/mol. The van der Waals surface area contributed by atoms with E-state index < -0.39 is 18.2 Å². The number of fused-ring (bicyclic) bond motifs is 5. The Bertz CT molecular complexity index is 1600. The summed E-state index contributed by atoms with van der Waals surface area (Å²) in [7, 11) is 9.93. The van der Waals surface area contributed by atoms with E-state index >= 15 is 0 Å². The van der Waals surface area contributed by atoms with Crippen LogP contribution in [0.1, 0.15) is 209 Å². The van der Waals surface area contributed by atoms with Gasteiger partial charge in [0.2, 0.25) is 11.8 Å². The highest BCUT2D eigenvalue weighted by Crippen LogP contribution is 2.67. The summed E-state index contributed by atoms with van der Waals surface area (Å²) in [6, 6.07) is 0. The van der Waals surface area contributed by atoms with Crippen LogP contribution in [0.2, 0.25) is 0 Å². The Morgan fingerprint density at radius 2 is 1.46 bits per heavy atom. The highest BCUT2D eigenvalue weighted by atomic mass is 33.1. The minimum Gasteiger partial charge on any atom is -0.457 e. The van der Waals surface area contributed by atoms with Crippen molar-refractivity contribution in [3.05, 3.63) is 11.6 Å². The molecular formula is C58H104N3O7S2+. The molecule has 3 saturated carbocycles. The first-order chi connectivity index (χ1) is 33.4. The van der Waals surface area contributed by atoms with Gasteiger partial charge in [0.05, 0.1) is 46.5 Å². The zero-order valence-electron chi connectivity index (χ0n) is 46.3. The van der Waals surface area contributed by atoms with Crippen molar-refractivity contribution in [3.63, 3.8) is 0 Å². The van der Waals surface area contributed by atoms with Crippen LogP contribution in [0.25, 0.3) is 0 Å². The van der Waals surface area contributed by atoms with E-state index in [4.69, 9.17) is 14.2 Å². The summed E-state index contributed by atoms with van der Waals surface area (Å²) in [6.45, 7) is 17.1. The van der Waals surface area contributed by atoms with Gasteiger partial charge in [-0.1, -0.05) is 178 Å². The molecule has 10 atom stereocenters. The molecule has 10 nitrogen and oxygen atoms in total. The average molecular weight is 1020 g/mol. The first-order valence-corrected chi connectivity index (χ1v) is 31.2. The molecule has 0 aliphatic heterocycles. The number of quaternary nitrogens is 1. The van der Waals surface area contributed by atoms with Gasteiger partial charge < -0.3 is 29.3 Å². The molecule has 0 aromatic rings. The van der Waals surface area contributed by atoms with Gasteiger partial charge in [-0.05, 0) is 97.7 Å². The Morgan fingerprint density at radius 1 is 0.786 bits per heavy atom. The number of nitrogens with zero attached hydrogens (tertiary/aromatic N) is 1. The molecule has 4 aliphatic carbocycles. The van der Waals surface area contributed by atoms with E-state index in [2.05, 4.69) is 79.4 Å². The lowest BCUT2D eigenvalue weighted by atomic mass is 9.47. The number of ether oxygens (including phenoxy) is 3. The Kier molecular flexibility index (Phi) is 26.9. The first-order valence-electron chi connectivity index (χ1n) is 28.7. The maximum absolute atomic E-state index is 13.3. The largest absolute Gasteiger partial charge is 0.508 e. The number of hydrogen-bond acceptors (Lipinski definition) is 9. The molecule has 0 spiro atoms. The van der Waals surface area contributed by atoms with E-state index in [1.807, 2.05) is 6.92 Å². The second-order valence-corrected chi connectivity index (χ2v) is 27.1. The Labute approximate surface area is 436 Å². The fourth-order valence-corrected chi connectivity index (χ4v) is 15.6. The van der Waals surface area contributed by atoms with Gasteiger partial charge in [-0.2, -0.15) is 0 Å². The van der Waals surface area contributed by atoms with E-state index in [0.29, 0.717) is 17.1 Å². The molecule has 0 saturated heterocycles. The molecule has 2 unspecified atom stereocenters. The zero-order valence-corrected chi connectivity index (χ0v) is 47.9. The van der Waals surface area contributed by atoms with Crippen molar-refractivity contribution in [2.75, 3.05) is 58.9 Å². The summed E-state index contributed by atoms with van der Waals surface area (Å²) >= 11 is 0. The third-order valence-corrected chi connectivity index (χ3v) is 19.9. The summed E-state index contributed by atoms with van der Waals surface area (Å²) in [5.41, 5.74) is 2.04. The molecule has 0 heterocycles. The smallest absolute Gasteiger partial charge is 0.457 e. The standard InChI is InChI=1S/C58H103N3O7S2/c1-11-12-13-14-15-16-17-18-19-20-21-22-23-27-54(63)67-48(39-59-53(62)40-60-55(64)45(5)42-70-69-37-36-61(8,9)10)41-66-56(65)68-47-32-34-57(6)46(38-47)28-29-49-51-31-30-50(44(4)26-24-25-43(2)3)58(51,7)35-33-52(49)57/h28,43-45,47-52H,11-27,29-42H2,1-10H3,(H-,59,60,62,64)/p+1/t44-,45?,47+,48?,49+,50-,51+,52+,57+,58-/m1/s1. The van der Waals surface area contributed by atoms with Crippen LogP contribution < -0.4 is 10.6 Å². The van der Waals surface area contributed by atoms with Gasteiger partial charge in [-0.3, -0.25) is 14.4 Å². The van der Waals surface area contributed by atoms with Gasteiger partial charge in [0.25, 0.3) is 0 Å². The molecular weight excluding hydrogens is 915 g/mol. The number of esters is 1. The van der Waals surface area contributed by atoms with E-state index in [1.165, 1.54) is 115 Å². The molecule has 0 aromatic heterocycles. The van der Waals surface area contributed by atoms with E-state index in [1.54, 1.807) is 21.6 Å². The third kappa shape index (κ3) is 20.4. The monoisotopic (exact) mass is 1020 g/mol. The van der Waals surface area contributed by atoms with Crippen LogP contribution in [0.15, 0.2) is 11.6 Å². The van der Waals surface area contributed by atoms with Crippen molar-refractivity contribution < 1.29 is 37.9 Å². The fraction of sp³-hybridized carbons (Fsp3) is 0.897. The van der Waals surface area contributed by atoms with E-state index in [-0.39, 0.29) is 55.4 Å². The highest BCUT2D eigenvalue weighted by Gasteiger charge is 2.59. The van der Waals surface area contributed by atoms with Crippen LogP contribution in [0.4, 0.5) is 4.79 Å². The molecule has 3 fully saturated rings. The van der Waals surface area contributed by atoms with Crippen molar-refractivity contribution in [2.45, 2.75) is 221 Å². The number of carbonyl (C=O) groups is 4. The lowest BCUT2D eigenvalue weighted by Crippen LogP contribution is -2.51. The highest BCUT2D eigenvalue weighted by molar-refractivity contribution is 8.76. The molecule has 0 aromatic carbocycles. The maximum Gasteiger partial charge on any atom is 0.508 e. The van der Waals surface area contributed by atoms with Gasteiger partial charge in [0.15, 0.2) is 6.10 Å². The fourth-order valence-electron chi connectivity index (χ4n) is 13.0. The van der Waals surface area contributed by atoms with Crippen LogP contribution in [0.5, 0.6) is 0 Å². The minimum absolute atomic E-state index is 0.0459. The molecule has 2 amide bonds. The number of rotatable bonds is 34. The number of amides is 2. The molecule has 404 valence electrons.